The predicted molar refractivity (Wildman–Crippen MR) is 103 cm³/mol. The standard InChI is InChI=1S/C19H18N4O4/c1-12-5-4-6-14(9-12)22-19(24)16(13(2)21-22)11-20-17-8-7-15(27-3)10-18(17)23(25)26/h4-11,21H,1-3H3. The quantitative estimate of drug-likeness (QED) is 0.424. The van der Waals surface area contributed by atoms with Gasteiger partial charge in [-0.2, -0.15) is 0 Å². The molecule has 0 aliphatic heterocycles. The van der Waals surface area contributed by atoms with Gasteiger partial charge in [-0.05, 0) is 43.7 Å². The largest absolute Gasteiger partial charge is 0.496 e. The van der Waals surface area contributed by atoms with Crippen molar-refractivity contribution in [2.24, 2.45) is 4.99 Å². The zero-order valence-electron chi connectivity index (χ0n) is 15.1. The number of aromatic amines is 1. The molecule has 0 unspecified atom stereocenters. The molecule has 0 amide bonds. The van der Waals surface area contributed by atoms with Gasteiger partial charge in [0.05, 0.1) is 29.4 Å². The molecular formula is C19H18N4O4. The maximum Gasteiger partial charge on any atom is 0.298 e. The fraction of sp³-hybridized carbons (Fsp3) is 0.158. The highest BCUT2D eigenvalue weighted by Crippen LogP contribution is 2.31. The molecule has 0 saturated carbocycles. The van der Waals surface area contributed by atoms with Crippen molar-refractivity contribution in [1.29, 1.82) is 0 Å². The minimum atomic E-state index is -0.537. The number of nitro groups is 1. The molecule has 0 spiro atoms. The molecular weight excluding hydrogens is 348 g/mol. The second-order valence-electron chi connectivity index (χ2n) is 6.00. The van der Waals surface area contributed by atoms with Crippen LogP contribution >= 0.6 is 0 Å². The Bertz CT molecular complexity index is 1100. The number of nitro benzene ring substituents is 1. The van der Waals surface area contributed by atoms with E-state index in [1.165, 1.54) is 30.1 Å². The van der Waals surface area contributed by atoms with E-state index in [2.05, 4.69) is 10.1 Å². The molecule has 0 aliphatic carbocycles. The SMILES string of the molecule is COc1ccc(N=Cc2c(C)[nH]n(-c3cccc(C)c3)c2=O)c([N+](=O)[O-])c1. The van der Waals surface area contributed by atoms with Gasteiger partial charge in [0.2, 0.25) is 0 Å². The molecule has 0 aliphatic rings. The summed E-state index contributed by atoms with van der Waals surface area (Å²) in [6, 6.07) is 11.9. The Morgan fingerprint density at radius 3 is 2.67 bits per heavy atom. The summed E-state index contributed by atoms with van der Waals surface area (Å²) >= 11 is 0. The summed E-state index contributed by atoms with van der Waals surface area (Å²) in [5.41, 5.74) is 2.34. The third kappa shape index (κ3) is 3.64. The summed E-state index contributed by atoms with van der Waals surface area (Å²) in [4.78, 5) is 27.6. The number of H-pyrrole nitrogens is 1. The molecule has 1 heterocycles. The zero-order chi connectivity index (χ0) is 19.6. The van der Waals surface area contributed by atoms with Gasteiger partial charge in [0.15, 0.2) is 0 Å². The Balaban J connectivity index is 2.02. The summed E-state index contributed by atoms with van der Waals surface area (Å²) in [6.07, 6.45) is 1.34. The van der Waals surface area contributed by atoms with Crippen molar-refractivity contribution < 1.29 is 9.66 Å². The topological polar surface area (TPSA) is 103 Å². The molecule has 3 aromatic rings. The van der Waals surface area contributed by atoms with Crippen LogP contribution in [0.1, 0.15) is 16.8 Å². The third-order valence-electron chi connectivity index (χ3n) is 4.09. The summed E-state index contributed by atoms with van der Waals surface area (Å²) in [5, 5.41) is 14.3. The summed E-state index contributed by atoms with van der Waals surface area (Å²) in [7, 11) is 1.43. The van der Waals surface area contributed by atoms with Crippen LogP contribution in [0, 0.1) is 24.0 Å². The highest BCUT2D eigenvalue weighted by Gasteiger charge is 2.15. The van der Waals surface area contributed by atoms with Crippen LogP contribution in [-0.4, -0.2) is 28.0 Å². The van der Waals surface area contributed by atoms with Crippen LogP contribution in [0.2, 0.25) is 0 Å². The number of methoxy groups -OCH3 is 1. The van der Waals surface area contributed by atoms with E-state index in [0.29, 0.717) is 22.7 Å². The average molecular weight is 366 g/mol. The minimum Gasteiger partial charge on any atom is -0.496 e. The van der Waals surface area contributed by atoms with Crippen LogP contribution in [0.25, 0.3) is 5.69 Å². The van der Waals surface area contributed by atoms with Gasteiger partial charge in [0, 0.05) is 11.9 Å². The first kappa shape index (κ1) is 18.1. The molecule has 1 N–H and O–H groups in total. The maximum atomic E-state index is 12.7. The molecule has 2 aromatic carbocycles. The lowest BCUT2D eigenvalue weighted by Crippen LogP contribution is -2.17. The van der Waals surface area contributed by atoms with Crippen LogP contribution in [0.4, 0.5) is 11.4 Å². The number of aromatic nitrogens is 2. The number of nitrogens with one attached hydrogen (secondary N) is 1. The van der Waals surface area contributed by atoms with Crippen molar-refractivity contribution in [3.63, 3.8) is 0 Å². The van der Waals surface area contributed by atoms with Crippen LogP contribution < -0.4 is 10.3 Å². The summed E-state index contributed by atoms with van der Waals surface area (Å²) in [6.45, 7) is 3.69. The highest BCUT2D eigenvalue weighted by molar-refractivity contribution is 5.84. The van der Waals surface area contributed by atoms with Gasteiger partial charge in [-0.3, -0.25) is 20.0 Å². The van der Waals surface area contributed by atoms with Gasteiger partial charge in [-0.25, -0.2) is 9.67 Å². The van der Waals surface area contributed by atoms with Crippen molar-refractivity contribution in [2.75, 3.05) is 7.11 Å². The monoisotopic (exact) mass is 366 g/mol. The molecule has 8 heteroatoms. The number of benzene rings is 2. The van der Waals surface area contributed by atoms with E-state index in [1.807, 2.05) is 31.2 Å². The molecule has 0 atom stereocenters. The third-order valence-corrected chi connectivity index (χ3v) is 4.09. The predicted octanol–water partition coefficient (Wildman–Crippen LogP) is 3.45. The normalized spacial score (nSPS) is 11.1. The van der Waals surface area contributed by atoms with Crippen LogP contribution in [0.15, 0.2) is 52.3 Å². The average Bonchev–Trinajstić information content (AvgIpc) is 2.93. The number of nitrogens with zero attached hydrogens (tertiary/aromatic N) is 3. The number of hydrogen-bond donors (Lipinski definition) is 1. The first-order valence-corrected chi connectivity index (χ1v) is 8.16. The first-order valence-electron chi connectivity index (χ1n) is 8.16. The lowest BCUT2D eigenvalue weighted by atomic mass is 10.2. The van der Waals surface area contributed by atoms with Gasteiger partial charge in [0.25, 0.3) is 11.2 Å². The molecule has 138 valence electrons. The second kappa shape index (κ2) is 7.28. The van der Waals surface area contributed by atoms with Gasteiger partial charge >= 0.3 is 0 Å². The summed E-state index contributed by atoms with van der Waals surface area (Å²) in [5.74, 6) is 0.361. The van der Waals surface area contributed by atoms with Gasteiger partial charge in [0.1, 0.15) is 11.4 Å². The lowest BCUT2D eigenvalue weighted by Gasteiger charge is -2.02. The molecule has 0 saturated heterocycles. The number of ether oxygens (including phenoxy) is 1. The number of aliphatic imine (C=N–C) groups is 1. The fourth-order valence-corrected chi connectivity index (χ4v) is 2.68. The second-order valence-corrected chi connectivity index (χ2v) is 6.00. The Hall–Kier alpha value is -3.68. The number of rotatable bonds is 5. The first-order chi connectivity index (χ1) is 12.9. The van der Waals surface area contributed by atoms with Crippen molar-refractivity contribution in [2.45, 2.75) is 13.8 Å². The summed E-state index contributed by atoms with van der Waals surface area (Å²) < 4.78 is 6.43. The van der Waals surface area contributed by atoms with E-state index in [-0.39, 0.29) is 16.9 Å². The van der Waals surface area contributed by atoms with E-state index in [1.54, 1.807) is 13.0 Å². The van der Waals surface area contributed by atoms with Gasteiger partial charge in [-0.15, -0.1) is 0 Å². The fourth-order valence-electron chi connectivity index (χ4n) is 2.68. The van der Waals surface area contributed by atoms with Crippen LogP contribution in [0.5, 0.6) is 5.75 Å². The molecule has 27 heavy (non-hydrogen) atoms. The molecule has 0 bridgehead atoms. The van der Waals surface area contributed by atoms with Crippen LogP contribution in [0.3, 0.4) is 0 Å². The number of aryl methyl sites for hydroxylation is 2. The maximum absolute atomic E-state index is 12.7. The smallest absolute Gasteiger partial charge is 0.298 e. The molecule has 3 rings (SSSR count). The Morgan fingerprint density at radius 2 is 2.00 bits per heavy atom. The van der Waals surface area contributed by atoms with E-state index < -0.39 is 4.92 Å². The van der Waals surface area contributed by atoms with Crippen molar-refractivity contribution in [3.05, 3.63) is 79.8 Å². The molecule has 1 aromatic heterocycles. The van der Waals surface area contributed by atoms with Crippen molar-refractivity contribution in [3.8, 4) is 11.4 Å². The van der Waals surface area contributed by atoms with E-state index >= 15 is 0 Å². The minimum absolute atomic E-state index is 0.142. The van der Waals surface area contributed by atoms with E-state index in [4.69, 9.17) is 4.74 Å². The van der Waals surface area contributed by atoms with Gasteiger partial charge < -0.3 is 4.74 Å². The van der Waals surface area contributed by atoms with Gasteiger partial charge in [-0.1, -0.05) is 12.1 Å². The van der Waals surface area contributed by atoms with Crippen LogP contribution in [-0.2, 0) is 0 Å². The molecule has 0 fully saturated rings. The number of hydrogen-bond acceptors (Lipinski definition) is 5. The van der Waals surface area contributed by atoms with E-state index in [0.717, 1.165) is 5.56 Å². The van der Waals surface area contributed by atoms with Crippen molar-refractivity contribution in [1.82, 2.24) is 9.78 Å². The Morgan fingerprint density at radius 1 is 1.22 bits per heavy atom. The highest BCUT2D eigenvalue weighted by atomic mass is 16.6. The Labute approximate surface area is 154 Å². The molecule has 8 nitrogen and oxygen atoms in total. The lowest BCUT2D eigenvalue weighted by molar-refractivity contribution is -0.384. The molecule has 0 radical (unpaired) electrons. The zero-order valence-corrected chi connectivity index (χ0v) is 15.1. The Kier molecular flexibility index (Phi) is 4.89. The van der Waals surface area contributed by atoms with Crippen molar-refractivity contribution >= 4 is 17.6 Å². The van der Waals surface area contributed by atoms with E-state index in [9.17, 15) is 14.9 Å².